The molecule has 4 heteroatoms. The summed E-state index contributed by atoms with van der Waals surface area (Å²) in [6.07, 6.45) is 7.97. The first kappa shape index (κ1) is 12.7. The van der Waals surface area contributed by atoms with E-state index in [2.05, 4.69) is 18.4 Å². The monoisotopic (exact) mass is 224 g/mol. The molecule has 0 aliphatic carbocycles. The maximum absolute atomic E-state index is 10.6. The fourth-order valence-corrected chi connectivity index (χ4v) is 1.85. The Bertz CT molecular complexity index is 345. The van der Waals surface area contributed by atoms with E-state index in [1.165, 1.54) is 0 Å². The van der Waals surface area contributed by atoms with Crippen molar-refractivity contribution in [3.63, 3.8) is 0 Å². The average molecular weight is 224 g/mol. The van der Waals surface area contributed by atoms with E-state index in [4.69, 9.17) is 0 Å². The van der Waals surface area contributed by atoms with Crippen molar-refractivity contribution < 1.29 is 14.5 Å². The number of carboxylic acid groups (broad SMARTS) is 1. The van der Waals surface area contributed by atoms with Gasteiger partial charge in [-0.3, -0.25) is 0 Å². The number of carbonyl (C=O) groups excluding carboxylic acids is 1. The van der Waals surface area contributed by atoms with Gasteiger partial charge in [0.1, 0.15) is 18.9 Å². The molecule has 16 heavy (non-hydrogen) atoms. The van der Waals surface area contributed by atoms with Gasteiger partial charge in [0.15, 0.2) is 0 Å². The molecule has 1 aromatic heterocycles. The SMILES string of the molecule is CCCCc1n(CCC)cc[n+]1CC(=O)[O-]. The summed E-state index contributed by atoms with van der Waals surface area (Å²) in [5, 5.41) is 10.6. The Labute approximate surface area is 96.5 Å². The van der Waals surface area contributed by atoms with Gasteiger partial charge in [0.05, 0.1) is 12.5 Å². The third-order valence-electron chi connectivity index (χ3n) is 2.61. The summed E-state index contributed by atoms with van der Waals surface area (Å²) in [6, 6.07) is 0. The largest absolute Gasteiger partial charge is 0.546 e. The van der Waals surface area contributed by atoms with Crippen LogP contribution in [0.4, 0.5) is 0 Å². The molecular formula is C12H20N2O2. The molecule has 1 aromatic rings. The van der Waals surface area contributed by atoms with Crippen LogP contribution in [0.5, 0.6) is 0 Å². The smallest absolute Gasteiger partial charge is 0.256 e. The first-order valence-electron chi connectivity index (χ1n) is 5.96. The lowest BCUT2D eigenvalue weighted by Gasteiger charge is -2.04. The Morgan fingerprint density at radius 3 is 2.75 bits per heavy atom. The van der Waals surface area contributed by atoms with Crippen molar-refractivity contribution in [1.29, 1.82) is 0 Å². The molecule has 0 saturated heterocycles. The van der Waals surface area contributed by atoms with E-state index >= 15 is 0 Å². The van der Waals surface area contributed by atoms with Crippen molar-refractivity contribution in [3.8, 4) is 0 Å². The lowest BCUT2D eigenvalue weighted by atomic mass is 10.2. The summed E-state index contributed by atoms with van der Waals surface area (Å²) >= 11 is 0. The van der Waals surface area contributed by atoms with Crippen LogP contribution in [-0.2, 0) is 24.3 Å². The van der Waals surface area contributed by atoms with E-state index in [0.717, 1.165) is 38.1 Å². The molecule has 0 saturated carbocycles. The van der Waals surface area contributed by atoms with Crippen LogP contribution in [0.1, 0.15) is 38.9 Å². The topological polar surface area (TPSA) is 48.9 Å². The summed E-state index contributed by atoms with van der Waals surface area (Å²) in [7, 11) is 0. The molecule has 4 nitrogen and oxygen atoms in total. The highest BCUT2D eigenvalue weighted by molar-refractivity contribution is 5.62. The van der Waals surface area contributed by atoms with Crippen LogP contribution < -0.4 is 9.67 Å². The molecule has 90 valence electrons. The molecule has 0 fully saturated rings. The normalized spacial score (nSPS) is 10.6. The lowest BCUT2D eigenvalue weighted by molar-refractivity contribution is -0.697. The number of imidazole rings is 1. The van der Waals surface area contributed by atoms with Gasteiger partial charge in [0.25, 0.3) is 5.82 Å². The third kappa shape index (κ3) is 3.36. The van der Waals surface area contributed by atoms with Crippen LogP contribution in [0.15, 0.2) is 12.4 Å². The van der Waals surface area contributed by atoms with Gasteiger partial charge in [0.2, 0.25) is 0 Å². The summed E-state index contributed by atoms with van der Waals surface area (Å²) in [6.45, 7) is 5.15. The minimum Gasteiger partial charge on any atom is -0.546 e. The Hall–Kier alpha value is -1.32. The van der Waals surface area contributed by atoms with Crippen LogP contribution in [0, 0.1) is 0 Å². The van der Waals surface area contributed by atoms with E-state index < -0.39 is 5.97 Å². The van der Waals surface area contributed by atoms with Gasteiger partial charge in [-0.15, -0.1) is 0 Å². The van der Waals surface area contributed by atoms with Crippen LogP contribution in [0.3, 0.4) is 0 Å². The van der Waals surface area contributed by atoms with Gasteiger partial charge in [-0.25, -0.2) is 9.13 Å². The number of hydrogen-bond acceptors (Lipinski definition) is 2. The van der Waals surface area contributed by atoms with Gasteiger partial charge < -0.3 is 9.90 Å². The maximum atomic E-state index is 10.6. The number of aryl methyl sites for hydroxylation is 1. The van der Waals surface area contributed by atoms with Gasteiger partial charge >= 0.3 is 0 Å². The maximum Gasteiger partial charge on any atom is 0.256 e. The Morgan fingerprint density at radius 1 is 1.44 bits per heavy atom. The molecule has 0 N–H and O–H groups in total. The highest BCUT2D eigenvalue weighted by Gasteiger charge is 2.15. The molecule has 0 spiro atoms. The van der Waals surface area contributed by atoms with E-state index in [0.29, 0.717) is 0 Å². The molecule has 1 heterocycles. The highest BCUT2D eigenvalue weighted by atomic mass is 16.4. The van der Waals surface area contributed by atoms with Crippen molar-refractivity contribution in [2.24, 2.45) is 0 Å². The van der Waals surface area contributed by atoms with Gasteiger partial charge in [-0.05, 0) is 12.8 Å². The second-order valence-corrected chi connectivity index (χ2v) is 4.01. The predicted molar refractivity (Wildman–Crippen MR) is 58.5 cm³/mol. The molecule has 0 bridgehead atoms. The van der Waals surface area contributed by atoms with Crippen molar-refractivity contribution >= 4 is 5.97 Å². The quantitative estimate of drug-likeness (QED) is 0.625. The van der Waals surface area contributed by atoms with E-state index in [1.54, 1.807) is 4.57 Å². The number of rotatable bonds is 7. The Morgan fingerprint density at radius 2 is 2.19 bits per heavy atom. The standard InChI is InChI=1S/C12H20N2O2/c1-3-5-6-11-13(7-4-2)8-9-14(11)10-12(15)16/h8-9H,3-7,10H2,1-2H3. The van der Waals surface area contributed by atoms with Crippen molar-refractivity contribution in [2.45, 2.75) is 52.6 Å². The van der Waals surface area contributed by atoms with E-state index in [9.17, 15) is 9.90 Å². The molecule has 0 amide bonds. The van der Waals surface area contributed by atoms with Crippen LogP contribution >= 0.6 is 0 Å². The average Bonchev–Trinajstić information content (AvgIpc) is 2.58. The zero-order valence-corrected chi connectivity index (χ0v) is 10.1. The van der Waals surface area contributed by atoms with Crippen molar-refractivity contribution in [3.05, 3.63) is 18.2 Å². The summed E-state index contributed by atoms with van der Waals surface area (Å²) in [4.78, 5) is 10.6. The number of carbonyl (C=O) groups is 1. The first-order chi connectivity index (χ1) is 7.69. The summed E-state index contributed by atoms with van der Waals surface area (Å²) in [5.41, 5.74) is 0. The molecule has 0 atom stereocenters. The highest BCUT2D eigenvalue weighted by Crippen LogP contribution is 2.03. The minimum atomic E-state index is -1.03. The predicted octanol–water partition coefficient (Wildman–Crippen LogP) is 0.278. The van der Waals surface area contributed by atoms with E-state index in [1.807, 2.05) is 12.4 Å². The summed E-state index contributed by atoms with van der Waals surface area (Å²) in [5.74, 6) is 0.0601. The van der Waals surface area contributed by atoms with Crippen molar-refractivity contribution in [2.75, 3.05) is 0 Å². The molecule has 0 aromatic carbocycles. The van der Waals surface area contributed by atoms with Gasteiger partial charge in [0, 0.05) is 6.42 Å². The molecule has 1 rings (SSSR count). The number of aliphatic carboxylic acids is 1. The molecule has 0 aliphatic rings. The minimum absolute atomic E-state index is 0.0459. The zero-order valence-electron chi connectivity index (χ0n) is 10.1. The number of carboxylic acids is 1. The zero-order chi connectivity index (χ0) is 12.0. The van der Waals surface area contributed by atoms with E-state index in [-0.39, 0.29) is 6.54 Å². The first-order valence-corrected chi connectivity index (χ1v) is 5.96. The van der Waals surface area contributed by atoms with Gasteiger partial charge in [-0.1, -0.05) is 20.3 Å². The van der Waals surface area contributed by atoms with Crippen LogP contribution in [-0.4, -0.2) is 10.5 Å². The van der Waals surface area contributed by atoms with Crippen LogP contribution in [0.2, 0.25) is 0 Å². The molecule has 0 unspecified atom stereocenters. The molecular weight excluding hydrogens is 204 g/mol. The number of nitrogens with zero attached hydrogens (tertiary/aromatic N) is 2. The Balaban J connectivity index is 2.84. The van der Waals surface area contributed by atoms with Crippen molar-refractivity contribution in [1.82, 2.24) is 4.57 Å². The fraction of sp³-hybridized carbons (Fsp3) is 0.667. The fourth-order valence-electron chi connectivity index (χ4n) is 1.85. The van der Waals surface area contributed by atoms with Crippen LogP contribution in [0.25, 0.3) is 0 Å². The molecule has 0 aliphatic heterocycles. The summed E-state index contributed by atoms with van der Waals surface area (Å²) < 4.78 is 3.92. The molecule has 0 radical (unpaired) electrons. The Kier molecular flexibility index (Phi) is 5.02. The third-order valence-corrected chi connectivity index (χ3v) is 2.61. The number of hydrogen-bond donors (Lipinski definition) is 0. The second-order valence-electron chi connectivity index (χ2n) is 4.01. The van der Waals surface area contributed by atoms with Gasteiger partial charge in [-0.2, -0.15) is 0 Å². The number of aromatic nitrogens is 2. The number of unbranched alkanes of at least 4 members (excludes halogenated alkanes) is 1. The lowest BCUT2D eigenvalue weighted by Crippen LogP contribution is -2.45. The second kappa shape index (κ2) is 6.30.